The van der Waals surface area contributed by atoms with Crippen molar-refractivity contribution >= 4 is 22.2 Å². The minimum Gasteiger partial charge on any atom is -0.366 e. The Hall–Kier alpha value is -1.29. The second-order valence-electron chi connectivity index (χ2n) is 3.06. The van der Waals surface area contributed by atoms with Gasteiger partial charge in [-0.1, -0.05) is 0 Å². The number of amides is 1. The van der Waals surface area contributed by atoms with E-state index in [-0.39, 0.29) is 5.91 Å². The fourth-order valence-electron chi connectivity index (χ4n) is 1.47. The maximum absolute atomic E-state index is 11.0. The van der Waals surface area contributed by atoms with Gasteiger partial charge in [0.2, 0.25) is 5.91 Å². The molecule has 0 unspecified atom stereocenters. The summed E-state index contributed by atoms with van der Waals surface area (Å²) in [6, 6.07) is 2.03. The molecule has 0 aliphatic carbocycles. The first-order chi connectivity index (χ1) is 6.18. The molecule has 1 aromatic heterocycles. The van der Waals surface area contributed by atoms with Crippen LogP contribution in [0.25, 0.3) is 0 Å². The van der Waals surface area contributed by atoms with Crippen molar-refractivity contribution in [3.63, 3.8) is 0 Å². The third kappa shape index (κ3) is 1.33. The lowest BCUT2D eigenvalue weighted by Gasteiger charge is -2.21. The number of anilines is 1. The maximum atomic E-state index is 11.0. The second kappa shape index (κ2) is 2.88. The van der Waals surface area contributed by atoms with Crippen LogP contribution in [0.1, 0.15) is 5.56 Å². The molecule has 1 aliphatic heterocycles. The molecule has 0 fully saturated rings. The number of rotatable bonds is 1. The molecular weight excluding hydrogens is 184 g/mol. The Morgan fingerprint density at radius 3 is 3.15 bits per heavy atom. The summed E-state index contributed by atoms with van der Waals surface area (Å²) in [7, 11) is 1.93. The lowest BCUT2D eigenvalue weighted by Crippen LogP contribution is -2.23. The number of nitrogens with zero attached hydrogens (tertiary/aromatic N) is 1. The number of carbonyl (C=O) groups excluding carboxylic acids is 1. The monoisotopic (exact) mass is 194 g/mol. The third-order valence-electron chi connectivity index (χ3n) is 2.09. The Balaban J connectivity index is 2.39. The highest BCUT2D eigenvalue weighted by atomic mass is 32.1. The molecule has 4 heteroatoms. The molecular formula is C9H10N2OS. The zero-order chi connectivity index (χ0) is 9.42. The fourth-order valence-corrected chi connectivity index (χ4v) is 2.34. The zero-order valence-electron chi connectivity index (χ0n) is 7.28. The topological polar surface area (TPSA) is 46.3 Å². The smallest absolute Gasteiger partial charge is 0.246 e. The second-order valence-corrected chi connectivity index (χ2v) is 3.95. The van der Waals surface area contributed by atoms with E-state index in [1.807, 2.05) is 23.4 Å². The maximum Gasteiger partial charge on any atom is 0.246 e. The van der Waals surface area contributed by atoms with Gasteiger partial charge in [0.1, 0.15) is 0 Å². The van der Waals surface area contributed by atoms with Crippen molar-refractivity contribution in [1.29, 1.82) is 0 Å². The summed E-state index contributed by atoms with van der Waals surface area (Å²) in [6.07, 6.45) is 2.47. The highest BCUT2D eigenvalue weighted by Crippen LogP contribution is 2.32. The largest absolute Gasteiger partial charge is 0.366 e. The van der Waals surface area contributed by atoms with Crippen LogP contribution in [0.5, 0.6) is 0 Å². The van der Waals surface area contributed by atoms with Gasteiger partial charge in [0.25, 0.3) is 0 Å². The number of fused-ring (bicyclic) bond motifs is 1. The van der Waals surface area contributed by atoms with E-state index in [1.54, 1.807) is 17.5 Å². The summed E-state index contributed by atoms with van der Waals surface area (Å²) in [5, 5.41) is 3.23. The number of primary amides is 1. The molecule has 0 spiro atoms. The first-order valence-corrected chi connectivity index (χ1v) is 4.86. The minimum atomic E-state index is -0.330. The van der Waals surface area contributed by atoms with Gasteiger partial charge in [-0.05, 0) is 17.0 Å². The molecule has 2 N–H and O–H groups in total. The Kier molecular flexibility index (Phi) is 1.84. The first-order valence-electron chi connectivity index (χ1n) is 3.98. The molecule has 1 aromatic rings. The standard InChI is InChI=1S/C9H10N2OS/c1-11-5-7(8(10)12)4-6-2-3-13-9(6)11/h2-3,5H,4H2,1H3,(H2,10,12). The molecule has 0 saturated carbocycles. The van der Waals surface area contributed by atoms with Gasteiger partial charge in [-0.15, -0.1) is 11.3 Å². The average Bonchev–Trinajstić information content (AvgIpc) is 2.51. The van der Waals surface area contributed by atoms with E-state index in [2.05, 4.69) is 0 Å². The van der Waals surface area contributed by atoms with E-state index in [9.17, 15) is 4.79 Å². The minimum absolute atomic E-state index is 0.330. The van der Waals surface area contributed by atoms with E-state index in [0.717, 1.165) is 0 Å². The lowest BCUT2D eigenvalue weighted by molar-refractivity contribution is -0.114. The van der Waals surface area contributed by atoms with E-state index < -0.39 is 0 Å². The van der Waals surface area contributed by atoms with Crippen LogP contribution in [-0.2, 0) is 11.2 Å². The highest BCUT2D eigenvalue weighted by Gasteiger charge is 2.18. The van der Waals surface area contributed by atoms with Crippen molar-refractivity contribution in [2.24, 2.45) is 5.73 Å². The lowest BCUT2D eigenvalue weighted by atomic mass is 10.1. The summed E-state index contributed by atoms with van der Waals surface area (Å²) in [5.41, 5.74) is 7.08. The molecule has 0 bridgehead atoms. The van der Waals surface area contributed by atoms with Crippen LogP contribution in [0.2, 0.25) is 0 Å². The van der Waals surface area contributed by atoms with Gasteiger partial charge in [-0.2, -0.15) is 0 Å². The van der Waals surface area contributed by atoms with E-state index in [1.165, 1.54) is 10.6 Å². The predicted octanol–water partition coefficient (Wildman–Crippen LogP) is 1.11. The number of carbonyl (C=O) groups is 1. The van der Waals surface area contributed by atoms with Gasteiger partial charge in [0.15, 0.2) is 0 Å². The Morgan fingerprint density at radius 1 is 1.69 bits per heavy atom. The summed E-state index contributed by atoms with van der Waals surface area (Å²) in [5.74, 6) is -0.330. The highest BCUT2D eigenvalue weighted by molar-refractivity contribution is 7.14. The summed E-state index contributed by atoms with van der Waals surface area (Å²) in [6.45, 7) is 0. The van der Waals surface area contributed by atoms with Crippen molar-refractivity contribution < 1.29 is 4.79 Å². The summed E-state index contributed by atoms with van der Waals surface area (Å²) in [4.78, 5) is 12.9. The Labute approximate surface area is 80.5 Å². The SMILES string of the molecule is CN1C=C(C(N)=O)Cc2ccsc21. The molecule has 0 radical (unpaired) electrons. The molecule has 0 saturated heterocycles. The van der Waals surface area contributed by atoms with Crippen molar-refractivity contribution in [3.05, 3.63) is 28.8 Å². The quantitative estimate of drug-likeness (QED) is 0.728. The molecule has 1 aliphatic rings. The van der Waals surface area contributed by atoms with Gasteiger partial charge >= 0.3 is 0 Å². The van der Waals surface area contributed by atoms with Crippen molar-refractivity contribution in [2.75, 3.05) is 11.9 Å². The van der Waals surface area contributed by atoms with E-state index in [4.69, 9.17) is 5.73 Å². The first kappa shape index (κ1) is 8.31. The third-order valence-corrected chi connectivity index (χ3v) is 3.14. The van der Waals surface area contributed by atoms with Gasteiger partial charge in [0.05, 0.1) is 5.00 Å². The molecule has 13 heavy (non-hydrogen) atoms. The van der Waals surface area contributed by atoms with Crippen LogP contribution >= 0.6 is 11.3 Å². The van der Waals surface area contributed by atoms with Gasteiger partial charge < -0.3 is 10.6 Å². The number of hydrogen-bond acceptors (Lipinski definition) is 3. The Morgan fingerprint density at radius 2 is 2.46 bits per heavy atom. The number of nitrogens with two attached hydrogens (primary N) is 1. The average molecular weight is 194 g/mol. The normalized spacial score (nSPS) is 15.2. The summed E-state index contributed by atoms with van der Waals surface area (Å²) < 4.78 is 0. The molecule has 2 rings (SSSR count). The number of hydrogen-bond donors (Lipinski definition) is 1. The molecule has 2 heterocycles. The van der Waals surface area contributed by atoms with Crippen LogP contribution in [-0.4, -0.2) is 13.0 Å². The molecule has 68 valence electrons. The van der Waals surface area contributed by atoms with Crippen LogP contribution in [0.4, 0.5) is 5.00 Å². The number of thiophene rings is 1. The van der Waals surface area contributed by atoms with Crippen molar-refractivity contribution in [3.8, 4) is 0 Å². The van der Waals surface area contributed by atoms with Gasteiger partial charge in [-0.25, -0.2) is 0 Å². The molecule has 3 nitrogen and oxygen atoms in total. The van der Waals surface area contributed by atoms with Crippen LogP contribution in [0.15, 0.2) is 23.2 Å². The van der Waals surface area contributed by atoms with E-state index in [0.29, 0.717) is 12.0 Å². The van der Waals surface area contributed by atoms with Crippen LogP contribution in [0.3, 0.4) is 0 Å². The van der Waals surface area contributed by atoms with Gasteiger partial charge in [0, 0.05) is 25.2 Å². The van der Waals surface area contributed by atoms with Gasteiger partial charge in [-0.3, -0.25) is 4.79 Å². The predicted molar refractivity (Wildman–Crippen MR) is 53.7 cm³/mol. The van der Waals surface area contributed by atoms with Crippen molar-refractivity contribution in [1.82, 2.24) is 0 Å². The molecule has 0 atom stereocenters. The van der Waals surface area contributed by atoms with E-state index >= 15 is 0 Å². The van der Waals surface area contributed by atoms with Crippen molar-refractivity contribution in [2.45, 2.75) is 6.42 Å². The fraction of sp³-hybridized carbons (Fsp3) is 0.222. The zero-order valence-corrected chi connectivity index (χ0v) is 8.10. The molecule has 1 amide bonds. The summed E-state index contributed by atoms with van der Waals surface area (Å²) >= 11 is 1.68. The van der Waals surface area contributed by atoms with Crippen LogP contribution < -0.4 is 10.6 Å². The molecule has 0 aromatic carbocycles. The Bertz CT molecular complexity index is 381. The van der Waals surface area contributed by atoms with Crippen LogP contribution in [0, 0.1) is 0 Å².